The van der Waals surface area contributed by atoms with Crippen LogP contribution in [0.25, 0.3) is 0 Å². The Morgan fingerprint density at radius 1 is 1.82 bits per heavy atom. The Balaban J connectivity index is 2.45. The topological polar surface area (TPSA) is 61.4 Å². The SMILES string of the molecule is CC(NC=O)N1CCNC1=O. The molecule has 0 spiro atoms. The summed E-state index contributed by atoms with van der Waals surface area (Å²) in [6.07, 6.45) is 0.381. The number of hydrogen-bond acceptors (Lipinski definition) is 2. The van der Waals surface area contributed by atoms with Crippen molar-refractivity contribution < 1.29 is 9.59 Å². The van der Waals surface area contributed by atoms with Gasteiger partial charge in [-0.2, -0.15) is 0 Å². The van der Waals surface area contributed by atoms with Crippen molar-refractivity contribution >= 4 is 12.4 Å². The lowest BCUT2D eigenvalue weighted by Gasteiger charge is -2.21. The Bertz CT molecular complexity index is 171. The highest BCUT2D eigenvalue weighted by molar-refractivity contribution is 5.76. The van der Waals surface area contributed by atoms with Crippen LogP contribution in [0.1, 0.15) is 6.92 Å². The smallest absolute Gasteiger partial charge is 0.319 e. The van der Waals surface area contributed by atoms with Gasteiger partial charge in [0.1, 0.15) is 6.17 Å². The first kappa shape index (κ1) is 7.84. The van der Waals surface area contributed by atoms with Gasteiger partial charge < -0.3 is 15.5 Å². The van der Waals surface area contributed by atoms with Crippen molar-refractivity contribution in [1.82, 2.24) is 15.5 Å². The fourth-order valence-corrected chi connectivity index (χ4v) is 1.04. The molecule has 0 aromatic heterocycles. The van der Waals surface area contributed by atoms with E-state index in [0.29, 0.717) is 19.5 Å². The van der Waals surface area contributed by atoms with E-state index in [-0.39, 0.29) is 12.2 Å². The maximum Gasteiger partial charge on any atom is 0.319 e. The van der Waals surface area contributed by atoms with Gasteiger partial charge >= 0.3 is 6.03 Å². The van der Waals surface area contributed by atoms with Crippen molar-refractivity contribution in [2.45, 2.75) is 13.1 Å². The summed E-state index contributed by atoms with van der Waals surface area (Å²) in [5.74, 6) is 0. The van der Waals surface area contributed by atoms with E-state index in [2.05, 4.69) is 10.6 Å². The molecule has 5 nitrogen and oxygen atoms in total. The van der Waals surface area contributed by atoms with Gasteiger partial charge in [0.05, 0.1) is 0 Å². The molecule has 0 bridgehead atoms. The summed E-state index contributed by atoms with van der Waals surface area (Å²) < 4.78 is 0. The molecule has 5 heteroatoms. The molecule has 1 aliphatic rings. The second kappa shape index (κ2) is 3.23. The summed E-state index contributed by atoms with van der Waals surface area (Å²) in [7, 11) is 0. The average Bonchev–Trinajstić information content (AvgIpc) is 2.36. The van der Waals surface area contributed by atoms with E-state index in [1.165, 1.54) is 0 Å². The molecule has 0 aromatic rings. The molecule has 62 valence electrons. The Morgan fingerprint density at radius 2 is 2.55 bits per heavy atom. The highest BCUT2D eigenvalue weighted by atomic mass is 16.2. The van der Waals surface area contributed by atoms with Crippen LogP contribution >= 0.6 is 0 Å². The van der Waals surface area contributed by atoms with Crippen LogP contribution in [0, 0.1) is 0 Å². The lowest BCUT2D eigenvalue weighted by molar-refractivity contribution is -0.110. The van der Waals surface area contributed by atoms with Crippen LogP contribution in [0.3, 0.4) is 0 Å². The summed E-state index contributed by atoms with van der Waals surface area (Å²) in [6, 6.07) is -0.119. The summed E-state index contributed by atoms with van der Waals surface area (Å²) in [5.41, 5.74) is 0. The predicted octanol–water partition coefficient (Wildman–Crippen LogP) is -0.896. The number of nitrogens with one attached hydrogen (secondary N) is 2. The van der Waals surface area contributed by atoms with Crippen molar-refractivity contribution in [3.63, 3.8) is 0 Å². The van der Waals surface area contributed by atoms with E-state index in [1.807, 2.05) is 0 Å². The number of carbonyl (C=O) groups excluding carboxylic acids is 2. The predicted molar refractivity (Wildman–Crippen MR) is 38.8 cm³/mol. The summed E-state index contributed by atoms with van der Waals surface area (Å²) in [6.45, 7) is 3.07. The van der Waals surface area contributed by atoms with Crippen molar-refractivity contribution in [1.29, 1.82) is 0 Å². The zero-order valence-electron chi connectivity index (χ0n) is 6.33. The molecular formula is C6H11N3O2. The van der Waals surface area contributed by atoms with E-state index in [0.717, 1.165) is 0 Å². The molecule has 1 atom stereocenters. The van der Waals surface area contributed by atoms with Crippen molar-refractivity contribution in [2.75, 3.05) is 13.1 Å². The molecule has 1 heterocycles. The van der Waals surface area contributed by atoms with Crippen LogP contribution in [0.4, 0.5) is 4.79 Å². The van der Waals surface area contributed by atoms with Crippen molar-refractivity contribution in [3.05, 3.63) is 0 Å². The Hall–Kier alpha value is -1.26. The second-order valence-electron chi connectivity index (χ2n) is 2.39. The van der Waals surface area contributed by atoms with Crippen LogP contribution < -0.4 is 10.6 Å². The van der Waals surface area contributed by atoms with Gasteiger partial charge in [0, 0.05) is 13.1 Å². The van der Waals surface area contributed by atoms with Gasteiger partial charge in [-0.25, -0.2) is 4.79 Å². The monoisotopic (exact) mass is 157 g/mol. The van der Waals surface area contributed by atoms with Gasteiger partial charge in [0.2, 0.25) is 6.41 Å². The molecule has 0 aromatic carbocycles. The minimum atomic E-state index is -0.213. The van der Waals surface area contributed by atoms with Gasteiger partial charge in [-0.05, 0) is 6.92 Å². The lowest BCUT2D eigenvalue weighted by atomic mass is 10.5. The fourth-order valence-electron chi connectivity index (χ4n) is 1.04. The molecule has 1 saturated heterocycles. The number of hydrogen-bond donors (Lipinski definition) is 2. The van der Waals surface area contributed by atoms with E-state index in [1.54, 1.807) is 11.8 Å². The molecule has 1 rings (SSSR count). The van der Waals surface area contributed by atoms with Gasteiger partial charge in [-0.1, -0.05) is 0 Å². The maximum absolute atomic E-state index is 10.9. The highest BCUT2D eigenvalue weighted by Crippen LogP contribution is 1.99. The molecule has 0 saturated carbocycles. The molecule has 1 unspecified atom stereocenters. The number of amides is 3. The quantitative estimate of drug-likeness (QED) is 0.522. The molecule has 11 heavy (non-hydrogen) atoms. The zero-order valence-corrected chi connectivity index (χ0v) is 6.33. The molecule has 1 fully saturated rings. The lowest BCUT2D eigenvalue weighted by Crippen LogP contribution is -2.44. The first-order valence-electron chi connectivity index (χ1n) is 3.50. The number of urea groups is 1. The summed E-state index contributed by atoms with van der Waals surface area (Å²) in [5, 5.41) is 5.14. The molecule has 0 radical (unpaired) electrons. The van der Waals surface area contributed by atoms with Gasteiger partial charge in [-0.15, -0.1) is 0 Å². The fraction of sp³-hybridized carbons (Fsp3) is 0.667. The number of nitrogens with zero attached hydrogens (tertiary/aromatic N) is 1. The van der Waals surface area contributed by atoms with E-state index < -0.39 is 0 Å². The Kier molecular flexibility index (Phi) is 2.30. The average molecular weight is 157 g/mol. The zero-order chi connectivity index (χ0) is 8.27. The first-order valence-corrected chi connectivity index (χ1v) is 3.50. The molecule has 3 amide bonds. The molecule has 1 aliphatic heterocycles. The van der Waals surface area contributed by atoms with Crippen LogP contribution in [0.2, 0.25) is 0 Å². The van der Waals surface area contributed by atoms with Gasteiger partial charge in [-0.3, -0.25) is 4.79 Å². The van der Waals surface area contributed by atoms with Crippen molar-refractivity contribution in [3.8, 4) is 0 Å². The standard InChI is InChI=1S/C6H11N3O2/c1-5(8-4-10)9-3-2-7-6(9)11/h4-5H,2-3H2,1H3,(H,7,11)(H,8,10). The Morgan fingerprint density at radius 3 is 3.00 bits per heavy atom. The van der Waals surface area contributed by atoms with Gasteiger partial charge in [0.25, 0.3) is 0 Å². The van der Waals surface area contributed by atoms with Crippen LogP contribution in [0.5, 0.6) is 0 Å². The van der Waals surface area contributed by atoms with E-state index >= 15 is 0 Å². The minimum Gasteiger partial charge on any atom is -0.339 e. The third kappa shape index (κ3) is 1.60. The van der Waals surface area contributed by atoms with E-state index in [9.17, 15) is 9.59 Å². The second-order valence-corrected chi connectivity index (χ2v) is 2.39. The normalized spacial score (nSPS) is 19.4. The van der Waals surface area contributed by atoms with Crippen LogP contribution in [-0.2, 0) is 4.79 Å². The van der Waals surface area contributed by atoms with E-state index in [4.69, 9.17) is 0 Å². The van der Waals surface area contributed by atoms with Crippen LogP contribution in [0.15, 0.2) is 0 Å². The summed E-state index contributed by atoms with van der Waals surface area (Å²) in [4.78, 5) is 22.5. The van der Waals surface area contributed by atoms with Crippen LogP contribution in [-0.4, -0.2) is 36.6 Å². The van der Waals surface area contributed by atoms with Gasteiger partial charge in [0.15, 0.2) is 0 Å². The maximum atomic E-state index is 10.9. The minimum absolute atomic E-state index is 0.119. The Labute approximate surface area is 64.7 Å². The number of rotatable bonds is 3. The third-order valence-corrected chi connectivity index (χ3v) is 1.67. The van der Waals surface area contributed by atoms with Crippen molar-refractivity contribution in [2.24, 2.45) is 0 Å². The first-order chi connectivity index (χ1) is 5.25. The molecular weight excluding hydrogens is 146 g/mol. The third-order valence-electron chi connectivity index (χ3n) is 1.67. The highest BCUT2D eigenvalue weighted by Gasteiger charge is 2.23. The summed E-state index contributed by atoms with van der Waals surface area (Å²) >= 11 is 0. The number of carbonyl (C=O) groups is 2. The molecule has 2 N–H and O–H groups in total. The molecule has 0 aliphatic carbocycles. The largest absolute Gasteiger partial charge is 0.339 e.